The number of benzene rings is 4. The van der Waals surface area contributed by atoms with E-state index >= 15 is 0 Å². The minimum atomic E-state index is -4.30. The Morgan fingerprint density at radius 3 is 2.41 bits per heavy atom. The van der Waals surface area contributed by atoms with E-state index in [1.54, 1.807) is 42.5 Å². The molecule has 0 radical (unpaired) electrons. The van der Waals surface area contributed by atoms with Crippen LogP contribution in [-0.2, 0) is 16.6 Å². The number of sulfonamides is 1. The molecule has 8 nitrogen and oxygen atoms in total. The molecule has 5 aromatic rings. The number of fused-ring (bicyclic) bond motifs is 3. The molecule has 1 heterocycles. The minimum absolute atomic E-state index is 0.0686. The summed E-state index contributed by atoms with van der Waals surface area (Å²) < 4.78 is 40.1. The normalized spacial score (nSPS) is 12.7. The summed E-state index contributed by atoms with van der Waals surface area (Å²) in [7, 11) is -4.30. The van der Waals surface area contributed by atoms with E-state index < -0.39 is 22.1 Å². The summed E-state index contributed by atoms with van der Waals surface area (Å²) in [5.74, 6) is -0.795. The SMILES string of the molecule is O=C(O)c1ccc(Cl)c(S(=O)(=O)N(Cc2ccccc2)C[C@H](O)COc2ccc3oc4ccccc4c3c2)c1. The molecule has 0 fully saturated rings. The van der Waals surface area contributed by atoms with E-state index in [9.17, 15) is 23.4 Å². The molecule has 10 heteroatoms. The van der Waals surface area contributed by atoms with Crippen LogP contribution in [0.3, 0.4) is 0 Å². The highest BCUT2D eigenvalue weighted by atomic mass is 35.5. The first-order valence-corrected chi connectivity index (χ1v) is 13.8. The predicted molar refractivity (Wildman–Crippen MR) is 148 cm³/mol. The van der Waals surface area contributed by atoms with Crippen LogP contribution >= 0.6 is 11.6 Å². The lowest BCUT2D eigenvalue weighted by atomic mass is 10.1. The van der Waals surface area contributed by atoms with E-state index in [4.69, 9.17) is 20.8 Å². The van der Waals surface area contributed by atoms with Crippen LogP contribution in [0.15, 0.2) is 100 Å². The van der Waals surface area contributed by atoms with Gasteiger partial charge in [-0.3, -0.25) is 0 Å². The molecule has 39 heavy (non-hydrogen) atoms. The maximum absolute atomic E-state index is 13.7. The average Bonchev–Trinajstić information content (AvgIpc) is 3.30. The molecule has 1 aromatic heterocycles. The van der Waals surface area contributed by atoms with E-state index in [-0.39, 0.29) is 35.2 Å². The van der Waals surface area contributed by atoms with E-state index in [1.807, 2.05) is 30.3 Å². The number of carboxylic acid groups (broad SMARTS) is 1. The van der Waals surface area contributed by atoms with Crippen LogP contribution in [0.4, 0.5) is 0 Å². The molecular weight excluding hydrogens is 542 g/mol. The second-order valence-corrected chi connectivity index (χ2v) is 11.3. The summed E-state index contributed by atoms with van der Waals surface area (Å²) in [6, 6.07) is 25.3. The van der Waals surface area contributed by atoms with Gasteiger partial charge in [0.05, 0.1) is 10.6 Å². The van der Waals surface area contributed by atoms with Crippen LogP contribution in [0.1, 0.15) is 15.9 Å². The Balaban J connectivity index is 1.38. The van der Waals surface area contributed by atoms with Crippen molar-refractivity contribution in [3.8, 4) is 5.75 Å². The molecule has 0 amide bonds. The third-order valence-electron chi connectivity index (χ3n) is 6.20. The van der Waals surface area contributed by atoms with Gasteiger partial charge in [-0.2, -0.15) is 4.31 Å². The van der Waals surface area contributed by atoms with Crippen LogP contribution in [0, 0.1) is 0 Å². The van der Waals surface area contributed by atoms with Gasteiger partial charge in [0.25, 0.3) is 0 Å². The first-order valence-electron chi connectivity index (χ1n) is 12.0. The summed E-state index contributed by atoms with van der Waals surface area (Å²) in [6.07, 6.45) is -1.21. The molecule has 0 saturated carbocycles. The number of aromatic carboxylic acids is 1. The summed E-state index contributed by atoms with van der Waals surface area (Å²) in [5, 5.41) is 21.9. The van der Waals surface area contributed by atoms with Crippen LogP contribution in [0.25, 0.3) is 21.9 Å². The van der Waals surface area contributed by atoms with Crippen LogP contribution < -0.4 is 4.74 Å². The minimum Gasteiger partial charge on any atom is -0.491 e. The monoisotopic (exact) mass is 565 g/mol. The predicted octanol–water partition coefficient (Wildman–Crippen LogP) is 5.57. The van der Waals surface area contributed by atoms with Gasteiger partial charge in [0.2, 0.25) is 10.0 Å². The summed E-state index contributed by atoms with van der Waals surface area (Å²) >= 11 is 6.20. The van der Waals surface area contributed by atoms with Crippen molar-refractivity contribution in [3.05, 3.63) is 107 Å². The Labute approximate surface area is 229 Å². The van der Waals surface area contributed by atoms with Crippen molar-refractivity contribution in [1.82, 2.24) is 4.31 Å². The number of furan rings is 1. The van der Waals surface area contributed by atoms with E-state index in [2.05, 4.69) is 0 Å². The van der Waals surface area contributed by atoms with Gasteiger partial charge in [-0.15, -0.1) is 0 Å². The van der Waals surface area contributed by atoms with Gasteiger partial charge in [-0.1, -0.05) is 60.1 Å². The smallest absolute Gasteiger partial charge is 0.335 e. The number of aliphatic hydroxyl groups is 1. The Morgan fingerprint density at radius 1 is 0.923 bits per heavy atom. The molecule has 2 N–H and O–H groups in total. The molecule has 4 aromatic carbocycles. The van der Waals surface area contributed by atoms with Gasteiger partial charge >= 0.3 is 5.97 Å². The maximum Gasteiger partial charge on any atom is 0.335 e. The van der Waals surface area contributed by atoms with Crippen LogP contribution in [0.2, 0.25) is 5.02 Å². The molecule has 1 atom stereocenters. The molecule has 0 aliphatic rings. The molecule has 0 unspecified atom stereocenters. The van der Waals surface area contributed by atoms with Gasteiger partial charge < -0.3 is 19.4 Å². The highest BCUT2D eigenvalue weighted by molar-refractivity contribution is 7.89. The lowest BCUT2D eigenvalue weighted by molar-refractivity contribution is 0.0696. The van der Waals surface area contributed by atoms with Gasteiger partial charge in [0.1, 0.15) is 34.5 Å². The molecule has 0 bridgehead atoms. The van der Waals surface area contributed by atoms with Crippen molar-refractivity contribution >= 4 is 49.5 Å². The number of rotatable bonds is 10. The van der Waals surface area contributed by atoms with Crippen molar-refractivity contribution in [2.45, 2.75) is 17.5 Å². The van der Waals surface area contributed by atoms with Crippen LogP contribution in [0.5, 0.6) is 5.75 Å². The second-order valence-electron chi connectivity index (χ2n) is 8.95. The van der Waals surface area contributed by atoms with E-state index in [0.717, 1.165) is 26.7 Å². The molecule has 0 aliphatic heterocycles. The largest absolute Gasteiger partial charge is 0.491 e. The van der Waals surface area contributed by atoms with Crippen LogP contribution in [-0.4, -0.2) is 48.2 Å². The standard InChI is InChI=1S/C29H24ClNO7S/c30-25-12-10-20(29(33)34)14-28(25)39(35,36)31(16-19-6-2-1-3-7-19)17-21(32)18-37-22-11-13-27-24(15-22)23-8-4-5-9-26(23)38-27/h1-15,21,32H,16-18H2,(H,33,34)/t21-/m0/s1. The van der Waals surface area contributed by atoms with Crippen molar-refractivity contribution in [2.75, 3.05) is 13.2 Å². The van der Waals surface area contributed by atoms with E-state index in [1.165, 1.54) is 12.1 Å². The fourth-order valence-electron chi connectivity index (χ4n) is 4.28. The van der Waals surface area contributed by atoms with E-state index in [0.29, 0.717) is 16.9 Å². The van der Waals surface area contributed by atoms with Gasteiger partial charge in [0, 0.05) is 23.9 Å². The van der Waals surface area contributed by atoms with Crippen molar-refractivity contribution in [2.24, 2.45) is 0 Å². The molecule has 5 rings (SSSR count). The summed E-state index contributed by atoms with van der Waals surface area (Å²) in [6.45, 7) is -0.576. The third kappa shape index (κ3) is 5.76. The third-order valence-corrected chi connectivity index (χ3v) is 8.50. The van der Waals surface area contributed by atoms with Gasteiger partial charge in [-0.05, 0) is 48.0 Å². The number of para-hydroxylation sites is 1. The lowest BCUT2D eigenvalue weighted by Gasteiger charge is -2.25. The molecule has 0 saturated heterocycles. The van der Waals surface area contributed by atoms with Gasteiger partial charge in [-0.25, -0.2) is 13.2 Å². The lowest BCUT2D eigenvalue weighted by Crippen LogP contribution is -2.39. The maximum atomic E-state index is 13.7. The summed E-state index contributed by atoms with van der Waals surface area (Å²) in [5.41, 5.74) is 1.91. The van der Waals surface area contributed by atoms with Crippen molar-refractivity contribution < 1.29 is 32.6 Å². The first kappa shape index (κ1) is 26.7. The Morgan fingerprint density at radius 2 is 1.64 bits per heavy atom. The zero-order valence-corrected chi connectivity index (χ0v) is 22.1. The Hall–Kier alpha value is -3.89. The number of ether oxygens (including phenoxy) is 1. The highest BCUT2D eigenvalue weighted by Gasteiger charge is 2.30. The second kappa shape index (κ2) is 11.1. The molecular formula is C29H24ClNO7S. The first-order chi connectivity index (χ1) is 18.7. The molecule has 0 spiro atoms. The number of carboxylic acids is 1. The molecule has 0 aliphatic carbocycles. The molecule has 200 valence electrons. The fraction of sp³-hybridized carbons (Fsp3) is 0.138. The average molecular weight is 566 g/mol. The number of carbonyl (C=O) groups is 1. The summed E-state index contributed by atoms with van der Waals surface area (Å²) in [4.78, 5) is 11.1. The Bertz CT molecular complexity index is 1750. The number of nitrogens with zero attached hydrogens (tertiary/aromatic N) is 1. The highest BCUT2D eigenvalue weighted by Crippen LogP contribution is 2.31. The zero-order valence-electron chi connectivity index (χ0n) is 20.5. The van der Waals surface area contributed by atoms with Gasteiger partial charge in [0.15, 0.2) is 0 Å². The number of aliphatic hydroxyl groups excluding tert-OH is 1. The topological polar surface area (TPSA) is 117 Å². The fourth-order valence-corrected chi connectivity index (χ4v) is 6.25. The Kier molecular flexibility index (Phi) is 7.58. The van der Waals surface area contributed by atoms with Crippen molar-refractivity contribution in [1.29, 1.82) is 0 Å². The number of halogens is 1. The quantitative estimate of drug-likeness (QED) is 0.227. The zero-order chi connectivity index (χ0) is 27.6. The number of hydrogen-bond donors (Lipinski definition) is 2. The van der Waals surface area contributed by atoms with Crippen molar-refractivity contribution in [3.63, 3.8) is 0 Å². The number of hydrogen-bond acceptors (Lipinski definition) is 6.